The van der Waals surface area contributed by atoms with Gasteiger partial charge in [-0.3, -0.25) is 14.5 Å². The van der Waals surface area contributed by atoms with E-state index in [1.807, 2.05) is 6.92 Å². The SMILES string of the molecule is Cc1cc(NC(=O)CN2C(=O)N=C3C=CC=CC3C2=O)sn1. The minimum atomic E-state index is -0.716. The first kappa shape index (κ1) is 14.3. The maximum atomic E-state index is 12.3. The lowest BCUT2D eigenvalue weighted by Gasteiger charge is -2.27. The Kier molecular flexibility index (Phi) is 3.68. The number of nitrogens with zero attached hydrogens (tertiary/aromatic N) is 3. The van der Waals surface area contributed by atoms with Crippen LogP contribution in [0.2, 0.25) is 0 Å². The summed E-state index contributed by atoms with van der Waals surface area (Å²) in [6.45, 7) is 1.45. The van der Waals surface area contributed by atoms with Crippen LogP contribution in [0, 0.1) is 12.8 Å². The third-order valence-corrected chi connectivity index (χ3v) is 3.98. The summed E-state index contributed by atoms with van der Waals surface area (Å²) >= 11 is 1.14. The largest absolute Gasteiger partial charge is 0.351 e. The van der Waals surface area contributed by atoms with Crippen LogP contribution in [0.1, 0.15) is 5.69 Å². The summed E-state index contributed by atoms with van der Waals surface area (Å²) in [6, 6.07) is 1.000. The minimum absolute atomic E-state index is 0.362. The van der Waals surface area contributed by atoms with Crippen molar-refractivity contribution in [2.45, 2.75) is 6.92 Å². The van der Waals surface area contributed by atoms with Crippen molar-refractivity contribution in [3.63, 3.8) is 0 Å². The number of carbonyl (C=O) groups excluding carboxylic acids is 3. The molecule has 0 radical (unpaired) electrons. The van der Waals surface area contributed by atoms with Gasteiger partial charge in [-0.15, -0.1) is 0 Å². The van der Waals surface area contributed by atoms with Gasteiger partial charge in [0.15, 0.2) is 0 Å². The van der Waals surface area contributed by atoms with Gasteiger partial charge in [0.05, 0.1) is 17.3 Å². The number of aliphatic imine (C=N–C) groups is 1. The molecule has 1 aromatic heterocycles. The van der Waals surface area contributed by atoms with Crippen LogP contribution >= 0.6 is 11.5 Å². The van der Waals surface area contributed by atoms with Crippen LogP contribution in [0.15, 0.2) is 35.4 Å². The molecule has 0 saturated heterocycles. The van der Waals surface area contributed by atoms with E-state index in [2.05, 4.69) is 14.7 Å². The van der Waals surface area contributed by atoms with E-state index in [-0.39, 0.29) is 6.54 Å². The van der Waals surface area contributed by atoms with Gasteiger partial charge >= 0.3 is 6.03 Å². The number of allylic oxidation sites excluding steroid dienone is 3. The molecule has 3 rings (SSSR count). The second-order valence-electron chi connectivity index (χ2n) is 4.85. The van der Waals surface area contributed by atoms with Crippen LogP contribution in [0.4, 0.5) is 9.80 Å². The fourth-order valence-electron chi connectivity index (χ4n) is 2.17. The molecule has 22 heavy (non-hydrogen) atoms. The first-order valence-electron chi connectivity index (χ1n) is 6.56. The van der Waals surface area contributed by atoms with Gasteiger partial charge < -0.3 is 5.32 Å². The summed E-state index contributed by atoms with van der Waals surface area (Å²) in [7, 11) is 0. The second kappa shape index (κ2) is 5.64. The average Bonchev–Trinajstić information content (AvgIpc) is 2.88. The summed E-state index contributed by atoms with van der Waals surface area (Å²) in [4.78, 5) is 40.9. The summed E-state index contributed by atoms with van der Waals surface area (Å²) < 4.78 is 4.04. The van der Waals surface area contributed by atoms with Crippen molar-refractivity contribution in [1.29, 1.82) is 0 Å². The Bertz CT molecular complexity index is 747. The number of imide groups is 1. The molecule has 4 amide bonds. The number of rotatable bonds is 3. The highest BCUT2D eigenvalue weighted by molar-refractivity contribution is 7.10. The van der Waals surface area contributed by atoms with Crippen LogP contribution in [0.3, 0.4) is 0 Å². The molecule has 8 heteroatoms. The number of nitrogens with one attached hydrogen (secondary N) is 1. The van der Waals surface area contributed by atoms with Gasteiger partial charge in [0.1, 0.15) is 11.5 Å². The Morgan fingerprint density at radius 2 is 2.23 bits per heavy atom. The van der Waals surface area contributed by atoms with E-state index in [4.69, 9.17) is 0 Å². The zero-order valence-electron chi connectivity index (χ0n) is 11.6. The maximum absolute atomic E-state index is 12.3. The Morgan fingerprint density at radius 1 is 1.41 bits per heavy atom. The van der Waals surface area contributed by atoms with Crippen molar-refractivity contribution in [2.75, 3.05) is 11.9 Å². The molecule has 7 nitrogen and oxygen atoms in total. The number of urea groups is 1. The quantitative estimate of drug-likeness (QED) is 0.915. The Labute approximate surface area is 130 Å². The lowest BCUT2D eigenvalue weighted by Crippen LogP contribution is -2.48. The van der Waals surface area contributed by atoms with Crippen molar-refractivity contribution < 1.29 is 14.4 Å². The van der Waals surface area contributed by atoms with Gasteiger partial charge in [-0.25, -0.2) is 4.79 Å². The fraction of sp³-hybridized carbons (Fsp3) is 0.214. The summed E-state index contributed by atoms with van der Waals surface area (Å²) in [5, 5.41) is 3.19. The summed E-state index contributed by atoms with van der Waals surface area (Å²) in [5.41, 5.74) is 1.20. The molecule has 0 fully saturated rings. The molecule has 1 N–H and O–H groups in total. The molecular formula is C14H12N4O3S. The first-order valence-corrected chi connectivity index (χ1v) is 7.34. The highest BCUT2D eigenvalue weighted by Crippen LogP contribution is 2.20. The summed E-state index contributed by atoms with van der Waals surface area (Å²) in [5.74, 6) is -1.49. The zero-order valence-corrected chi connectivity index (χ0v) is 12.5. The number of hydrogen-bond donors (Lipinski definition) is 1. The van der Waals surface area contributed by atoms with E-state index in [0.717, 1.165) is 22.1 Å². The predicted octanol–water partition coefficient (Wildman–Crippen LogP) is 1.54. The molecule has 1 aromatic rings. The molecule has 0 bridgehead atoms. The number of anilines is 1. The van der Waals surface area contributed by atoms with Crippen LogP contribution in [0.5, 0.6) is 0 Å². The number of aryl methyl sites for hydroxylation is 1. The van der Waals surface area contributed by atoms with Gasteiger partial charge in [-0.1, -0.05) is 18.2 Å². The lowest BCUT2D eigenvalue weighted by molar-refractivity contribution is -0.132. The smallest absolute Gasteiger partial charge is 0.315 e. The lowest BCUT2D eigenvalue weighted by atomic mass is 9.95. The van der Waals surface area contributed by atoms with Crippen molar-refractivity contribution in [3.05, 3.63) is 36.1 Å². The molecule has 1 aliphatic heterocycles. The molecule has 112 valence electrons. The molecule has 0 spiro atoms. The minimum Gasteiger partial charge on any atom is -0.315 e. The van der Waals surface area contributed by atoms with Gasteiger partial charge in [-0.05, 0) is 30.6 Å². The highest BCUT2D eigenvalue weighted by atomic mass is 32.1. The first-order chi connectivity index (χ1) is 10.5. The highest BCUT2D eigenvalue weighted by Gasteiger charge is 2.36. The number of fused-ring (bicyclic) bond motifs is 1. The van der Waals surface area contributed by atoms with E-state index in [9.17, 15) is 14.4 Å². The molecule has 0 aromatic carbocycles. The van der Waals surface area contributed by atoms with E-state index < -0.39 is 23.8 Å². The molecular weight excluding hydrogens is 304 g/mol. The van der Waals surface area contributed by atoms with Crippen molar-refractivity contribution in [1.82, 2.24) is 9.27 Å². The van der Waals surface area contributed by atoms with Crippen LogP contribution in [-0.4, -0.2) is 39.4 Å². The van der Waals surface area contributed by atoms with Gasteiger partial charge in [0.2, 0.25) is 11.8 Å². The maximum Gasteiger partial charge on any atom is 0.351 e. The third kappa shape index (κ3) is 2.73. The van der Waals surface area contributed by atoms with E-state index >= 15 is 0 Å². The standard InChI is InChI=1S/C14H12N4O3S/c1-8-6-12(22-17-8)16-11(19)7-18-13(20)9-4-2-3-5-10(9)15-14(18)21/h2-6,9H,7H2,1H3,(H,16,19). The predicted molar refractivity (Wildman–Crippen MR) is 81.8 cm³/mol. The normalized spacial score (nSPS) is 20.0. The van der Waals surface area contributed by atoms with Crippen LogP contribution in [0.25, 0.3) is 0 Å². The van der Waals surface area contributed by atoms with Crippen molar-refractivity contribution >= 4 is 40.1 Å². The van der Waals surface area contributed by atoms with Crippen LogP contribution in [-0.2, 0) is 9.59 Å². The van der Waals surface area contributed by atoms with Crippen LogP contribution < -0.4 is 5.32 Å². The molecule has 2 aliphatic rings. The van der Waals surface area contributed by atoms with E-state index in [1.54, 1.807) is 30.4 Å². The third-order valence-electron chi connectivity index (χ3n) is 3.18. The van der Waals surface area contributed by atoms with Crippen molar-refractivity contribution in [3.8, 4) is 0 Å². The Morgan fingerprint density at radius 3 is 2.95 bits per heavy atom. The second-order valence-corrected chi connectivity index (χ2v) is 5.65. The number of amides is 4. The number of carbonyl (C=O) groups is 3. The summed E-state index contributed by atoms with van der Waals surface area (Å²) in [6.07, 6.45) is 6.71. The number of aromatic nitrogens is 1. The topological polar surface area (TPSA) is 91.7 Å². The average molecular weight is 316 g/mol. The fourth-order valence-corrected chi connectivity index (χ4v) is 2.85. The van der Waals surface area contributed by atoms with E-state index in [1.165, 1.54) is 0 Å². The molecule has 2 heterocycles. The number of hydrogen-bond acceptors (Lipinski definition) is 5. The Balaban J connectivity index is 1.72. The molecule has 1 atom stereocenters. The Hall–Kier alpha value is -2.61. The molecule has 0 saturated carbocycles. The van der Waals surface area contributed by atoms with Gasteiger partial charge in [0.25, 0.3) is 0 Å². The van der Waals surface area contributed by atoms with Gasteiger partial charge in [-0.2, -0.15) is 9.37 Å². The van der Waals surface area contributed by atoms with E-state index in [0.29, 0.717) is 10.7 Å². The molecule has 1 unspecified atom stereocenters. The molecule has 1 aliphatic carbocycles. The van der Waals surface area contributed by atoms with Crippen molar-refractivity contribution in [2.24, 2.45) is 10.9 Å². The zero-order chi connectivity index (χ0) is 15.7. The van der Waals surface area contributed by atoms with Gasteiger partial charge in [0, 0.05) is 0 Å². The monoisotopic (exact) mass is 316 g/mol.